The number of rotatable bonds is 10. The number of ether oxygens (including phenoxy) is 1. The minimum absolute atomic E-state index is 0.0457. The third-order valence-electron chi connectivity index (χ3n) is 5.73. The fourth-order valence-electron chi connectivity index (χ4n) is 3.71. The fourth-order valence-corrected chi connectivity index (χ4v) is 4.58. The maximum absolute atomic E-state index is 11.8. The molecule has 0 bridgehead atoms. The van der Waals surface area contributed by atoms with Gasteiger partial charge in [-0.3, -0.25) is 4.98 Å². The Bertz CT molecular complexity index is 1280. The normalized spacial score (nSPS) is 14.8. The first-order valence-electron chi connectivity index (χ1n) is 10.7. The lowest BCUT2D eigenvalue weighted by Gasteiger charge is -2.18. The molecule has 2 aromatic heterocycles. The molecule has 0 saturated heterocycles. The van der Waals surface area contributed by atoms with Crippen LogP contribution in [0.15, 0.2) is 42.7 Å². The van der Waals surface area contributed by atoms with E-state index in [1.54, 1.807) is 12.4 Å². The highest BCUT2D eigenvalue weighted by Gasteiger charge is 2.44. The number of aliphatic hydroxyl groups excluding tert-OH is 1. The minimum Gasteiger partial charge on any atom is -0.476 e. The van der Waals surface area contributed by atoms with Gasteiger partial charge in [0.15, 0.2) is 5.52 Å². The lowest BCUT2D eigenvalue weighted by Crippen LogP contribution is -2.34. The van der Waals surface area contributed by atoms with Crippen molar-refractivity contribution < 1.29 is 18.3 Å². The van der Waals surface area contributed by atoms with Crippen LogP contribution < -0.4 is 4.74 Å². The Morgan fingerprint density at radius 2 is 1.91 bits per heavy atom. The van der Waals surface area contributed by atoms with Crippen LogP contribution in [-0.2, 0) is 15.4 Å². The highest BCUT2D eigenvalue weighted by molar-refractivity contribution is 7.88. The predicted octanol–water partition coefficient (Wildman–Crippen LogP) is 2.27. The van der Waals surface area contributed by atoms with Crippen molar-refractivity contribution in [2.45, 2.75) is 24.7 Å². The molecular formula is C23H25N5O4S. The molecule has 0 spiro atoms. The van der Waals surface area contributed by atoms with Gasteiger partial charge < -0.3 is 9.84 Å². The van der Waals surface area contributed by atoms with E-state index in [1.165, 1.54) is 4.31 Å². The van der Waals surface area contributed by atoms with Crippen molar-refractivity contribution in [1.82, 2.24) is 19.3 Å². The first kappa shape index (κ1) is 23.0. The monoisotopic (exact) mass is 467 g/mol. The summed E-state index contributed by atoms with van der Waals surface area (Å²) < 4.78 is 30.7. The molecule has 1 aliphatic carbocycles. The minimum atomic E-state index is -3.40. The third kappa shape index (κ3) is 5.11. The number of nitriles is 1. The van der Waals surface area contributed by atoms with E-state index in [2.05, 4.69) is 21.0 Å². The smallest absolute Gasteiger partial charge is 0.242 e. The molecule has 0 aliphatic heterocycles. The zero-order chi connectivity index (χ0) is 23.5. The Morgan fingerprint density at radius 1 is 1.18 bits per heavy atom. The van der Waals surface area contributed by atoms with Crippen LogP contribution in [-0.4, -0.2) is 65.3 Å². The number of fused-ring (bicyclic) bond motifs is 1. The van der Waals surface area contributed by atoms with Crippen molar-refractivity contribution >= 4 is 21.1 Å². The fraction of sp³-hybridized carbons (Fsp3) is 0.391. The van der Waals surface area contributed by atoms with Crippen LogP contribution in [0.5, 0.6) is 5.88 Å². The Balaban J connectivity index is 1.53. The van der Waals surface area contributed by atoms with Crippen molar-refractivity contribution in [2.75, 3.05) is 32.6 Å². The molecular weight excluding hydrogens is 442 g/mol. The zero-order valence-electron chi connectivity index (χ0n) is 18.3. The molecule has 10 heteroatoms. The van der Waals surface area contributed by atoms with Gasteiger partial charge in [0.2, 0.25) is 15.9 Å². The number of hydrogen-bond donors (Lipinski definition) is 1. The Morgan fingerprint density at radius 3 is 2.55 bits per heavy atom. The largest absolute Gasteiger partial charge is 0.476 e. The maximum Gasteiger partial charge on any atom is 0.242 e. The van der Waals surface area contributed by atoms with E-state index in [0.717, 1.165) is 30.2 Å². The van der Waals surface area contributed by atoms with Crippen molar-refractivity contribution in [3.05, 3.63) is 48.3 Å². The predicted molar refractivity (Wildman–Crippen MR) is 123 cm³/mol. The number of aliphatic hydroxyl groups is 1. The summed E-state index contributed by atoms with van der Waals surface area (Å²) in [5.74, 6) is 0.323. The van der Waals surface area contributed by atoms with Gasteiger partial charge in [-0.15, -0.1) is 0 Å². The summed E-state index contributed by atoms with van der Waals surface area (Å²) in [7, 11) is -3.40. The molecule has 3 aromatic rings. The van der Waals surface area contributed by atoms with E-state index in [-0.39, 0.29) is 31.7 Å². The van der Waals surface area contributed by atoms with Crippen LogP contribution in [0.4, 0.5) is 0 Å². The summed E-state index contributed by atoms with van der Waals surface area (Å²) in [5, 5.41) is 18.5. The van der Waals surface area contributed by atoms with E-state index in [0.29, 0.717) is 29.0 Å². The Hall–Kier alpha value is -3.13. The van der Waals surface area contributed by atoms with E-state index >= 15 is 0 Å². The number of hydrogen-bond acceptors (Lipinski definition) is 8. The van der Waals surface area contributed by atoms with Crippen LogP contribution in [0.3, 0.4) is 0 Å². The van der Waals surface area contributed by atoms with E-state index < -0.39 is 10.0 Å². The summed E-state index contributed by atoms with van der Waals surface area (Å²) in [6.45, 7) is 0.254. The molecule has 2 heterocycles. The molecule has 1 saturated carbocycles. The van der Waals surface area contributed by atoms with Gasteiger partial charge in [-0.1, -0.05) is 24.3 Å². The number of benzene rings is 1. The van der Waals surface area contributed by atoms with Gasteiger partial charge in [-0.05, 0) is 30.9 Å². The first-order chi connectivity index (χ1) is 15.9. The molecule has 0 radical (unpaired) electrons. The molecule has 9 nitrogen and oxygen atoms in total. The molecule has 1 fully saturated rings. The van der Waals surface area contributed by atoms with Crippen LogP contribution in [0, 0.1) is 11.3 Å². The lowest BCUT2D eigenvalue weighted by molar-refractivity contribution is 0.239. The van der Waals surface area contributed by atoms with Gasteiger partial charge in [-0.2, -0.15) is 9.57 Å². The molecule has 1 N–H and O–H groups in total. The van der Waals surface area contributed by atoms with Crippen molar-refractivity contribution in [3.63, 3.8) is 0 Å². The van der Waals surface area contributed by atoms with Gasteiger partial charge in [-0.25, -0.2) is 18.4 Å². The number of nitrogens with zero attached hydrogens (tertiary/aromatic N) is 5. The van der Waals surface area contributed by atoms with Crippen molar-refractivity contribution in [2.24, 2.45) is 0 Å². The second-order valence-electron chi connectivity index (χ2n) is 8.10. The van der Waals surface area contributed by atoms with Crippen molar-refractivity contribution in [1.29, 1.82) is 5.26 Å². The average molecular weight is 468 g/mol. The molecule has 0 unspecified atom stereocenters. The molecule has 172 valence electrons. The maximum atomic E-state index is 11.8. The van der Waals surface area contributed by atoms with Crippen molar-refractivity contribution in [3.8, 4) is 23.2 Å². The second-order valence-corrected chi connectivity index (χ2v) is 10.1. The van der Waals surface area contributed by atoms with Crippen LogP contribution in [0.25, 0.3) is 22.3 Å². The molecule has 1 aromatic carbocycles. The molecule has 4 rings (SSSR count). The third-order valence-corrected chi connectivity index (χ3v) is 7.03. The number of aromatic nitrogens is 3. The Labute approximate surface area is 192 Å². The van der Waals surface area contributed by atoms with E-state index in [9.17, 15) is 13.7 Å². The van der Waals surface area contributed by atoms with Gasteiger partial charge in [0.05, 0.1) is 42.2 Å². The topological polar surface area (TPSA) is 129 Å². The first-order valence-corrected chi connectivity index (χ1v) is 12.5. The van der Waals surface area contributed by atoms with Gasteiger partial charge in [0.25, 0.3) is 0 Å². The summed E-state index contributed by atoms with van der Waals surface area (Å²) in [6, 6.07) is 12.1. The summed E-state index contributed by atoms with van der Waals surface area (Å²) in [5.41, 5.74) is 3.37. The van der Waals surface area contributed by atoms with Crippen LogP contribution in [0.1, 0.15) is 24.8 Å². The van der Waals surface area contributed by atoms with Gasteiger partial charge >= 0.3 is 0 Å². The van der Waals surface area contributed by atoms with E-state index in [1.807, 2.05) is 30.3 Å². The Kier molecular flexibility index (Phi) is 6.56. The lowest BCUT2D eigenvalue weighted by atomic mass is 9.96. The highest BCUT2D eigenvalue weighted by Crippen LogP contribution is 2.47. The van der Waals surface area contributed by atoms with E-state index in [4.69, 9.17) is 9.84 Å². The van der Waals surface area contributed by atoms with Crippen LogP contribution in [0.2, 0.25) is 0 Å². The summed E-state index contributed by atoms with van der Waals surface area (Å²) in [6.07, 6.45) is 6.48. The average Bonchev–Trinajstić information content (AvgIpc) is 3.61. The molecule has 33 heavy (non-hydrogen) atoms. The van der Waals surface area contributed by atoms with Gasteiger partial charge in [0.1, 0.15) is 0 Å². The zero-order valence-corrected chi connectivity index (χ0v) is 19.1. The van der Waals surface area contributed by atoms with Crippen LogP contribution >= 0.6 is 0 Å². The quantitative estimate of drug-likeness (QED) is 0.450. The van der Waals surface area contributed by atoms with Gasteiger partial charge in [0, 0.05) is 31.0 Å². The molecule has 0 amide bonds. The summed E-state index contributed by atoms with van der Waals surface area (Å²) in [4.78, 5) is 13.4. The standard InChI is InChI=1S/C23H25N5O4S/c1-33(30,31)28(12-13-29)11-2-14-32-22-21-20(25-9-10-26-21)15-19(27-22)17-3-5-18(6-4-17)23(16-24)7-8-23/h3-6,9-10,15,29H,2,7-8,11-14H2,1H3. The molecule has 1 aliphatic rings. The summed E-state index contributed by atoms with van der Waals surface area (Å²) >= 11 is 0. The second kappa shape index (κ2) is 9.39. The molecule has 0 atom stereocenters. The highest BCUT2D eigenvalue weighted by atomic mass is 32.2. The number of sulfonamides is 1. The SMILES string of the molecule is CS(=O)(=O)N(CCO)CCCOc1nc(-c2ccc(C3(C#N)CC3)cc2)cc2nccnc12. The number of pyridine rings is 1.